The Bertz CT molecular complexity index is 1280. The lowest BCUT2D eigenvalue weighted by atomic mass is 10.1. The van der Waals surface area contributed by atoms with Crippen LogP contribution in [0, 0.1) is 0 Å². The maximum Gasteiger partial charge on any atom is 0.306 e. The molecule has 0 saturated heterocycles. The summed E-state index contributed by atoms with van der Waals surface area (Å²) in [6.07, 6.45) is 63.5. The first-order valence-corrected chi connectivity index (χ1v) is 24.0. The lowest BCUT2D eigenvalue weighted by Crippen LogP contribution is -2.30. The Morgan fingerprint density at radius 2 is 0.733 bits per heavy atom. The SMILES string of the molecule is CC\C=C/C=C\C=C/C=C\C=C\C=C/CCCCCC(=O)OCC(COC(=O)CCCCCCC/C=C\C/C=C\CC)OC(=O)CCCCC/C=C\CCCCCCCC. The summed E-state index contributed by atoms with van der Waals surface area (Å²) in [5, 5.41) is 0. The zero-order valence-corrected chi connectivity index (χ0v) is 38.4. The average Bonchev–Trinajstić information content (AvgIpc) is 3.24. The lowest BCUT2D eigenvalue weighted by molar-refractivity contribution is -0.167. The molecule has 0 saturated carbocycles. The molecule has 1 atom stereocenters. The molecule has 0 aromatic heterocycles. The monoisotopic (exact) mass is 831 g/mol. The van der Waals surface area contributed by atoms with Gasteiger partial charge in [-0.25, -0.2) is 0 Å². The van der Waals surface area contributed by atoms with E-state index in [9.17, 15) is 14.4 Å². The van der Waals surface area contributed by atoms with Crippen molar-refractivity contribution < 1.29 is 28.6 Å². The third-order valence-electron chi connectivity index (χ3n) is 9.65. The number of esters is 3. The molecule has 0 bridgehead atoms. The summed E-state index contributed by atoms with van der Waals surface area (Å²) in [5.41, 5.74) is 0. The highest BCUT2D eigenvalue weighted by atomic mass is 16.6. The van der Waals surface area contributed by atoms with E-state index in [2.05, 4.69) is 69.4 Å². The van der Waals surface area contributed by atoms with Crippen LogP contribution >= 0.6 is 0 Å². The Labute approximate surface area is 368 Å². The minimum absolute atomic E-state index is 0.109. The molecular weight excluding hydrogens is 745 g/mol. The molecule has 0 radical (unpaired) electrons. The number of hydrogen-bond acceptors (Lipinski definition) is 6. The van der Waals surface area contributed by atoms with E-state index in [0.717, 1.165) is 116 Å². The largest absolute Gasteiger partial charge is 0.462 e. The standard InChI is InChI=1S/C54H86O6/c1-4-7-10-13-16-19-22-25-26-27-28-30-32-35-38-41-44-47-53(56)59-50-51(49-58-52(55)46-43-40-37-34-31-24-21-18-15-12-9-6-3)60-54(57)48-45-42-39-36-33-29-23-20-17-14-11-8-5-2/h7,9-10,12-13,16,18-19,21-22,25-30,32-33,51H,4-6,8,11,14-15,17,20,23-24,31,34-50H2,1-3H3/b10-7-,12-9-,16-13-,21-18-,22-19-,26-25-,28-27+,32-30-,33-29-. The first kappa shape index (κ1) is 56.1. The molecule has 0 aliphatic rings. The van der Waals surface area contributed by atoms with Crippen molar-refractivity contribution in [2.24, 2.45) is 0 Å². The molecule has 60 heavy (non-hydrogen) atoms. The molecule has 0 fully saturated rings. The molecular formula is C54H86O6. The van der Waals surface area contributed by atoms with Crippen LogP contribution in [0.15, 0.2) is 109 Å². The number of carbonyl (C=O) groups excluding carboxylic acids is 3. The van der Waals surface area contributed by atoms with Crippen molar-refractivity contribution in [1.82, 2.24) is 0 Å². The quantitative estimate of drug-likeness (QED) is 0.0201. The Balaban J connectivity index is 4.54. The smallest absolute Gasteiger partial charge is 0.306 e. The van der Waals surface area contributed by atoms with Gasteiger partial charge in [-0.1, -0.05) is 194 Å². The van der Waals surface area contributed by atoms with Crippen molar-refractivity contribution >= 4 is 17.9 Å². The van der Waals surface area contributed by atoms with E-state index >= 15 is 0 Å². The van der Waals surface area contributed by atoms with Crippen LogP contribution in [0.5, 0.6) is 0 Å². The number of allylic oxidation sites excluding steroid dienone is 18. The van der Waals surface area contributed by atoms with Gasteiger partial charge in [-0.2, -0.15) is 0 Å². The molecule has 6 heteroatoms. The molecule has 0 aliphatic carbocycles. The zero-order valence-electron chi connectivity index (χ0n) is 38.4. The topological polar surface area (TPSA) is 78.9 Å². The Morgan fingerprint density at radius 1 is 0.367 bits per heavy atom. The van der Waals surface area contributed by atoms with E-state index in [1.165, 1.54) is 38.5 Å². The number of ether oxygens (including phenoxy) is 3. The van der Waals surface area contributed by atoms with Crippen LogP contribution in [0.2, 0.25) is 0 Å². The second-order valence-electron chi connectivity index (χ2n) is 15.4. The second kappa shape index (κ2) is 47.7. The molecule has 0 rings (SSSR count). The highest BCUT2D eigenvalue weighted by molar-refractivity contribution is 5.71. The van der Waals surface area contributed by atoms with E-state index in [1.807, 2.05) is 60.8 Å². The van der Waals surface area contributed by atoms with Crippen LogP contribution < -0.4 is 0 Å². The number of rotatable bonds is 41. The van der Waals surface area contributed by atoms with Gasteiger partial charge in [-0.3, -0.25) is 14.4 Å². The van der Waals surface area contributed by atoms with E-state index < -0.39 is 6.10 Å². The van der Waals surface area contributed by atoms with Crippen LogP contribution in [0.25, 0.3) is 0 Å². The summed E-state index contributed by atoms with van der Waals surface area (Å²) in [5.74, 6) is -0.993. The van der Waals surface area contributed by atoms with Crippen LogP contribution in [-0.4, -0.2) is 37.2 Å². The van der Waals surface area contributed by atoms with Crippen LogP contribution in [0.4, 0.5) is 0 Å². The van der Waals surface area contributed by atoms with Gasteiger partial charge in [0, 0.05) is 19.3 Å². The third kappa shape index (κ3) is 45.2. The summed E-state index contributed by atoms with van der Waals surface area (Å²) in [7, 11) is 0. The zero-order chi connectivity index (χ0) is 43.7. The normalized spacial score (nSPS) is 13.1. The van der Waals surface area contributed by atoms with Gasteiger partial charge in [0.15, 0.2) is 6.10 Å². The van der Waals surface area contributed by atoms with E-state index in [0.29, 0.717) is 19.3 Å². The average molecular weight is 831 g/mol. The van der Waals surface area contributed by atoms with Crippen LogP contribution in [0.3, 0.4) is 0 Å². The van der Waals surface area contributed by atoms with Gasteiger partial charge in [-0.15, -0.1) is 0 Å². The fraction of sp³-hybridized carbons (Fsp3) is 0.611. The highest BCUT2D eigenvalue weighted by Crippen LogP contribution is 2.12. The Kier molecular flexibility index (Phi) is 44.6. The maximum atomic E-state index is 12.7. The van der Waals surface area contributed by atoms with Gasteiger partial charge < -0.3 is 14.2 Å². The van der Waals surface area contributed by atoms with Gasteiger partial charge in [0.1, 0.15) is 13.2 Å². The van der Waals surface area contributed by atoms with Crippen molar-refractivity contribution in [3.05, 3.63) is 109 Å². The predicted molar refractivity (Wildman–Crippen MR) is 256 cm³/mol. The van der Waals surface area contributed by atoms with Gasteiger partial charge >= 0.3 is 17.9 Å². The van der Waals surface area contributed by atoms with Gasteiger partial charge in [0.25, 0.3) is 0 Å². The molecule has 0 aliphatic heterocycles. The second-order valence-corrected chi connectivity index (χ2v) is 15.4. The molecule has 338 valence electrons. The van der Waals surface area contributed by atoms with E-state index in [-0.39, 0.29) is 31.1 Å². The fourth-order valence-electron chi connectivity index (χ4n) is 6.09. The van der Waals surface area contributed by atoms with Crippen molar-refractivity contribution in [2.45, 2.75) is 200 Å². The van der Waals surface area contributed by atoms with E-state index in [4.69, 9.17) is 14.2 Å². The Morgan fingerprint density at radius 3 is 1.23 bits per heavy atom. The molecule has 0 aromatic carbocycles. The summed E-state index contributed by atoms with van der Waals surface area (Å²) < 4.78 is 16.7. The maximum absolute atomic E-state index is 12.7. The minimum Gasteiger partial charge on any atom is -0.462 e. The predicted octanol–water partition coefficient (Wildman–Crippen LogP) is 15.6. The summed E-state index contributed by atoms with van der Waals surface area (Å²) in [6.45, 7) is 6.28. The molecule has 0 amide bonds. The molecule has 0 N–H and O–H groups in total. The minimum atomic E-state index is -0.810. The van der Waals surface area contributed by atoms with E-state index in [1.54, 1.807) is 0 Å². The first-order valence-electron chi connectivity index (χ1n) is 24.0. The van der Waals surface area contributed by atoms with Crippen LogP contribution in [0.1, 0.15) is 194 Å². The first-order chi connectivity index (χ1) is 29.5. The van der Waals surface area contributed by atoms with Gasteiger partial charge in [-0.05, 0) is 89.9 Å². The van der Waals surface area contributed by atoms with Crippen molar-refractivity contribution in [3.63, 3.8) is 0 Å². The number of hydrogen-bond donors (Lipinski definition) is 0. The van der Waals surface area contributed by atoms with Crippen molar-refractivity contribution in [2.75, 3.05) is 13.2 Å². The fourth-order valence-corrected chi connectivity index (χ4v) is 6.09. The highest BCUT2D eigenvalue weighted by Gasteiger charge is 2.19. The van der Waals surface area contributed by atoms with Crippen molar-refractivity contribution in [1.29, 1.82) is 0 Å². The lowest BCUT2D eigenvalue weighted by Gasteiger charge is -2.18. The molecule has 0 aromatic rings. The summed E-state index contributed by atoms with van der Waals surface area (Å²) in [6, 6.07) is 0. The van der Waals surface area contributed by atoms with Gasteiger partial charge in [0.2, 0.25) is 0 Å². The number of carbonyl (C=O) groups is 3. The molecule has 1 unspecified atom stereocenters. The third-order valence-corrected chi connectivity index (χ3v) is 9.65. The van der Waals surface area contributed by atoms with Gasteiger partial charge in [0.05, 0.1) is 0 Å². The molecule has 0 heterocycles. The number of unbranched alkanes of at least 4 members (excludes halogenated alkanes) is 17. The molecule has 6 nitrogen and oxygen atoms in total. The summed E-state index contributed by atoms with van der Waals surface area (Å²) in [4.78, 5) is 37.8. The summed E-state index contributed by atoms with van der Waals surface area (Å²) >= 11 is 0. The van der Waals surface area contributed by atoms with Crippen LogP contribution in [-0.2, 0) is 28.6 Å². The molecule has 0 spiro atoms. The van der Waals surface area contributed by atoms with Crippen molar-refractivity contribution in [3.8, 4) is 0 Å². The Hall–Kier alpha value is -3.93.